The van der Waals surface area contributed by atoms with E-state index < -0.39 is 0 Å². The first-order valence-electron chi connectivity index (χ1n) is 8.31. The van der Waals surface area contributed by atoms with Gasteiger partial charge >= 0.3 is 0 Å². The Morgan fingerprint density at radius 2 is 1.88 bits per heavy atom. The summed E-state index contributed by atoms with van der Waals surface area (Å²) in [5, 5.41) is 0. The van der Waals surface area contributed by atoms with Crippen molar-refractivity contribution < 1.29 is 9.63 Å². The first-order chi connectivity index (χ1) is 11.1. The van der Waals surface area contributed by atoms with E-state index in [9.17, 15) is 4.79 Å². The zero-order chi connectivity index (χ0) is 16.7. The maximum Gasteiger partial charge on any atom is 0.274 e. The number of carbonyl (C=O) groups excluding carboxylic acids is 1. The molecule has 134 valence electrons. The molecule has 0 spiro atoms. The van der Waals surface area contributed by atoms with Gasteiger partial charge in [-0.05, 0) is 49.9 Å². The summed E-state index contributed by atoms with van der Waals surface area (Å²) in [6, 6.07) is 7.41. The van der Waals surface area contributed by atoms with E-state index in [2.05, 4.69) is 10.5 Å². The molecule has 1 aliphatic carbocycles. The quantitative estimate of drug-likeness (QED) is 0.497. The molecule has 0 saturated heterocycles. The molecule has 1 amide bonds. The molecular formula is C18H28ClN3O2. The summed E-state index contributed by atoms with van der Waals surface area (Å²) < 4.78 is 0. The number of anilines is 1. The average Bonchev–Trinajstić information content (AvgIpc) is 2.61. The molecule has 0 unspecified atom stereocenters. The summed E-state index contributed by atoms with van der Waals surface area (Å²) >= 11 is 0. The predicted molar refractivity (Wildman–Crippen MR) is 101 cm³/mol. The van der Waals surface area contributed by atoms with Crippen LogP contribution >= 0.6 is 12.4 Å². The van der Waals surface area contributed by atoms with Crippen molar-refractivity contribution in [2.24, 2.45) is 10.9 Å². The highest BCUT2D eigenvalue weighted by Crippen LogP contribution is 2.23. The summed E-state index contributed by atoms with van der Waals surface area (Å²) in [7, 11) is 3.71. The lowest BCUT2D eigenvalue weighted by Gasteiger charge is -2.21. The second-order valence-electron chi connectivity index (χ2n) is 6.12. The Balaban J connectivity index is 0.00000288. The van der Waals surface area contributed by atoms with Gasteiger partial charge in [-0.15, -0.1) is 12.4 Å². The summed E-state index contributed by atoms with van der Waals surface area (Å²) in [6.07, 6.45) is 6.28. The fourth-order valence-corrected chi connectivity index (χ4v) is 2.81. The number of hydrogen-bond acceptors (Lipinski definition) is 3. The highest BCUT2D eigenvalue weighted by molar-refractivity contribution is 5.97. The molecule has 1 aliphatic rings. The number of amidine groups is 1. The third kappa shape index (κ3) is 5.80. The maximum atomic E-state index is 12.1. The van der Waals surface area contributed by atoms with Gasteiger partial charge in [0.1, 0.15) is 0 Å². The van der Waals surface area contributed by atoms with Crippen LogP contribution in [0.2, 0.25) is 0 Å². The maximum absolute atomic E-state index is 12.1. The van der Waals surface area contributed by atoms with Gasteiger partial charge in [-0.1, -0.05) is 19.3 Å². The third-order valence-electron chi connectivity index (χ3n) is 4.53. The average molecular weight is 354 g/mol. The Morgan fingerprint density at radius 3 is 2.46 bits per heavy atom. The zero-order valence-electron chi connectivity index (χ0n) is 14.7. The van der Waals surface area contributed by atoms with E-state index in [1.54, 1.807) is 19.2 Å². The molecule has 6 heteroatoms. The number of hydroxylamine groups is 1. The van der Waals surface area contributed by atoms with Crippen LogP contribution < -0.4 is 10.4 Å². The summed E-state index contributed by atoms with van der Waals surface area (Å²) in [5.41, 5.74) is 4.14. The number of benzene rings is 1. The smallest absolute Gasteiger partial charge is 0.274 e. The number of halogens is 1. The zero-order valence-corrected chi connectivity index (χ0v) is 15.6. The van der Waals surface area contributed by atoms with Gasteiger partial charge in [-0.25, -0.2) is 5.48 Å². The van der Waals surface area contributed by atoms with Gasteiger partial charge in [0.25, 0.3) is 5.91 Å². The molecule has 1 fully saturated rings. The van der Waals surface area contributed by atoms with E-state index >= 15 is 0 Å². The molecule has 1 N–H and O–H groups in total. The van der Waals surface area contributed by atoms with Gasteiger partial charge < -0.3 is 4.90 Å². The van der Waals surface area contributed by atoms with Gasteiger partial charge in [0.05, 0.1) is 12.4 Å². The number of hydrogen-bond donors (Lipinski definition) is 1. The van der Waals surface area contributed by atoms with Crippen LogP contribution in [-0.2, 0) is 4.84 Å². The van der Waals surface area contributed by atoms with Crippen molar-refractivity contribution in [3.63, 3.8) is 0 Å². The van der Waals surface area contributed by atoms with Gasteiger partial charge in [0.15, 0.2) is 0 Å². The molecule has 5 nitrogen and oxygen atoms in total. The van der Waals surface area contributed by atoms with E-state index in [0.29, 0.717) is 18.1 Å². The summed E-state index contributed by atoms with van der Waals surface area (Å²) in [5.74, 6) is 1.30. The Kier molecular flexibility index (Phi) is 8.79. The Hall–Kier alpha value is -1.59. The van der Waals surface area contributed by atoms with Crippen molar-refractivity contribution in [1.82, 2.24) is 5.48 Å². The third-order valence-corrected chi connectivity index (χ3v) is 4.53. The van der Waals surface area contributed by atoms with Crippen molar-refractivity contribution in [2.75, 3.05) is 25.6 Å². The van der Waals surface area contributed by atoms with Gasteiger partial charge in [0.2, 0.25) is 0 Å². The number of aliphatic imine (C=N–C) groups is 1. The summed E-state index contributed by atoms with van der Waals surface area (Å²) in [6.45, 7) is 2.55. The highest BCUT2D eigenvalue weighted by Gasteiger charge is 2.14. The minimum Gasteiger partial charge on any atom is -0.334 e. The fourth-order valence-electron chi connectivity index (χ4n) is 2.81. The van der Waals surface area contributed by atoms with Crippen LogP contribution in [0.1, 0.15) is 49.4 Å². The molecule has 0 aromatic heterocycles. The van der Waals surface area contributed by atoms with Crippen molar-refractivity contribution in [3.8, 4) is 0 Å². The molecule has 2 rings (SSSR count). The van der Waals surface area contributed by atoms with Crippen LogP contribution in [0.5, 0.6) is 0 Å². The van der Waals surface area contributed by atoms with Crippen molar-refractivity contribution >= 4 is 29.8 Å². The summed E-state index contributed by atoms with van der Waals surface area (Å²) in [4.78, 5) is 23.6. The largest absolute Gasteiger partial charge is 0.334 e. The fraction of sp³-hybridized carbons (Fsp3) is 0.556. The molecular weight excluding hydrogens is 326 g/mol. The first-order valence-corrected chi connectivity index (χ1v) is 8.31. The second-order valence-corrected chi connectivity index (χ2v) is 6.12. The number of nitrogens with one attached hydrogen (secondary N) is 1. The van der Waals surface area contributed by atoms with E-state index in [0.717, 1.165) is 11.5 Å². The van der Waals surface area contributed by atoms with E-state index in [4.69, 9.17) is 4.84 Å². The second kappa shape index (κ2) is 10.3. The molecule has 1 saturated carbocycles. The molecule has 0 atom stereocenters. The number of amides is 1. The number of rotatable bonds is 5. The molecule has 24 heavy (non-hydrogen) atoms. The van der Waals surface area contributed by atoms with E-state index in [-0.39, 0.29) is 18.3 Å². The van der Waals surface area contributed by atoms with Crippen LogP contribution in [0.4, 0.5) is 5.69 Å². The van der Waals surface area contributed by atoms with Crippen LogP contribution in [0.15, 0.2) is 29.3 Å². The topological polar surface area (TPSA) is 53.9 Å². The van der Waals surface area contributed by atoms with Crippen LogP contribution in [0.3, 0.4) is 0 Å². The van der Waals surface area contributed by atoms with Crippen LogP contribution in [-0.4, -0.2) is 32.4 Å². The minimum atomic E-state index is -0.198. The van der Waals surface area contributed by atoms with Crippen LogP contribution in [0.25, 0.3) is 0 Å². The van der Waals surface area contributed by atoms with Crippen LogP contribution in [0, 0.1) is 5.92 Å². The molecule has 0 heterocycles. The van der Waals surface area contributed by atoms with Crippen molar-refractivity contribution in [1.29, 1.82) is 0 Å². The first kappa shape index (κ1) is 20.5. The van der Waals surface area contributed by atoms with Crippen molar-refractivity contribution in [2.45, 2.75) is 39.0 Å². The molecule has 0 bridgehead atoms. The van der Waals surface area contributed by atoms with E-state index in [1.807, 2.05) is 31.0 Å². The molecule has 1 aromatic rings. The lowest BCUT2D eigenvalue weighted by Crippen LogP contribution is -2.27. The minimum absolute atomic E-state index is 0. The molecule has 0 aliphatic heterocycles. The standard InChI is InChI=1S/C18H27N3O2.ClH/c1-14(19-2)21(3)17-11-9-16(10-12-17)18(22)20-23-13-15-7-5-4-6-8-15;/h9-12,15H,4-8,13H2,1-3H3,(H,20,22);1H. The normalized spacial score (nSPS) is 15.5. The van der Waals surface area contributed by atoms with E-state index in [1.165, 1.54) is 32.1 Å². The van der Waals surface area contributed by atoms with Gasteiger partial charge in [0, 0.05) is 25.3 Å². The number of nitrogens with zero attached hydrogens (tertiary/aromatic N) is 2. The monoisotopic (exact) mass is 353 g/mol. The Morgan fingerprint density at radius 1 is 1.25 bits per heavy atom. The van der Waals surface area contributed by atoms with Gasteiger partial charge in [-0.2, -0.15) is 0 Å². The molecule has 0 radical (unpaired) electrons. The Labute approximate surface area is 150 Å². The highest BCUT2D eigenvalue weighted by atomic mass is 35.5. The predicted octanol–water partition coefficient (Wildman–Crippen LogP) is 3.83. The van der Waals surface area contributed by atoms with Gasteiger partial charge in [-0.3, -0.25) is 14.6 Å². The molecule has 1 aromatic carbocycles. The SMILES string of the molecule is CN=C(C)N(C)c1ccc(C(=O)NOCC2CCCCC2)cc1.Cl. The Bertz CT molecular complexity index is 540. The van der Waals surface area contributed by atoms with Crippen molar-refractivity contribution in [3.05, 3.63) is 29.8 Å². The lowest BCUT2D eigenvalue weighted by atomic mass is 9.90. The lowest BCUT2D eigenvalue weighted by molar-refractivity contribution is 0.0106. The number of carbonyl (C=O) groups is 1.